The van der Waals surface area contributed by atoms with E-state index in [1.165, 1.54) is 0 Å². The summed E-state index contributed by atoms with van der Waals surface area (Å²) in [5, 5.41) is -0.628. The van der Waals surface area contributed by atoms with Crippen LogP contribution in [0.2, 0.25) is 5.02 Å². The van der Waals surface area contributed by atoms with Crippen LogP contribution in [0.3, 0.4) is 0 Å². The molecule has 0 bridgehead atoms. The molecule has 1 rings (SSSR count). The van der Waals surface area contributed by atoms with Crippen molar-refractivity contribution in [3.63, 3.8) is 0 Å². The van der Waals surface area contributed by atoms with E-state index in [9.17, 15) is 8.78 Å². The fourth-order valence-corrected chi connectivity index (χ4v) is 0.784. The molecule has 0 radical (unpaired) electrons. The van der Waals surface area contributed by atoms with Crippen LogP contribution in [0.5, 0.6) is 0 Å². The minimum Gasteiger partial charge on any atom is -0.397 e. The highest BCUT2D eigenvalue weighted by atomic mass is 35.5. The van der Waals surface area contributed by atoms with Gasteiger partial charge < -0.3 is 11.5 Å². The predicted molar refractivity (Wildman–Crippen MR) is 40.2 cm³/mol. The second-order valence-corrected chi connectivity index (χ2v) is 2.37. The van der Waals surface area contributed by atoms with Crippen LogP contribution in [0.15, 0.2) is 6.07 Å². The molecular weight excluding hydrogens is 174 g/mol. The van der Waals surface area contributed by atoms with E-state index in [4.69, 9.17) is 23.1 Å². The van der Waals surface area contributed by atoms with Gasteiger partial charge in [-0.3, -0.25) is 0 Å². The van der Waals surface area contributed by atoms with Gasteiger partial charge in [0.15, 0.2) is 5.82 Å². The Balaban J connectivity index is 3.46. The number of anilines is 2. The molecule has 2 nitrogen and oxygen atoms in total. The lowest BCUT2D eigenvalue weighted by Crippen LogP contribution is -2.00. The van der Waals surface area contributed by atoms with Gasteiger partial charge in [-0.2, -0.15) is 0 Å². The topological polar surface area (TPSA) is 52.0 Å². The van der Waals surface area contributed by atoms with Gasteiger partial charge in [0.25, 0.3) is 0 Å². The molecule has 0 spiro atoms. The van der Waals surface area contributed by atoms with Gasteiger partial charge in [-0.05, 0) is 0 Å². The second kappa shape index (κ2) is 2.54. The van der Waals surface area contributed by atoms with Crippen molar-refractivity contribution < 1.29 is 8.78 Å². The third-order valence-corrected chi connectivity index (χ3v) is 1.58. The molecule has 0 saturated heterocycles. The maximum Gasteiger partial charge on any atom is 0.169 e. The van der Waals surface area contributed by atoms with Crippen molar-refractivity contribution in [3.8, 4) is 0 Å². The molecule has 0 heterocycles. The lowest BCUT2D eigenvalue weighted by atomic mass is 10.2. The molecule has 0 aromatic heterocycles. The number of hydrogen-bond donors (Lipinski definition) is 2. The van der Waals surface area contributed by atoms with E-state index < -0.39 is 16.7 Å². The summed E-state index contributed by atoms with van der Waals surface area (Å²) < 4.78 is 25.2. The average Bonchev–Trinajstić information content (AvgIpc) is 1.97. The summed E-state index contributed by atoms with van der Waals surface area (Å²) in [6.07, 6.45) is 0. The van der Waals surface area contributed by atoms with E-state index in [0.29, 0.717) is 0 Å². The highest BCUT2D eigenvalue weighted by Crippen LogP contribution is 2.28. The average molecular weight is 179 g/mol. The standard InChI is InChI=1S/C6H5ClF2N2/c7-4-2(8)1-3(10)6(11)5(4)9/h1H,10-11H2. The molecule has 0 saturated carbocycles. The molecule has 4 N–H and O–H groups in total. The monoisotopic (exact) mass is 178 g/mol. The predicted octanol–water partition coefficient (Wildman–Crippen LogP) is 1.78. The first kappa shape index (κ1) is 8.07. The first-order valence-electron chi connectivity index (χ1n) is 2.72. The van der Waals surface area contributed by atoms with Gasteiger partial charge in [0.05, 0.1) is 11.4 Å². The van der Waals surface area contributed by atoms with Crippen molar-refractivity contribution >= 4 is 23.0 Å². The Hall–Kier alpha value is -1.03. The molecule has 0 fully saturated rings. The minimum absolute atomic E-state index is 0.149. The molecule has 0 unspecified atom stereocenters. The summed E-state index contributed by atoms with van der Waals surface area (Å²) >= 11 is 5.17. The lowest BCUT2D eigenvalue weighted by molar-refractivity contribution is 0.588. The zero-order valence-electron chi connectivity index (χ0n) is 5.37. The van der Waals surface area contributed by atoms with Crippen molar-refractivity contribution in [2.24, 2.45) is 0 Å². The van der Waals surface area contributed by atoms with Gasteiger partial charge in [-0.1, -0.05) is 11.6 Å². The van der Waals surface area contributed by atoms with Crippen molar-refractivity contribution in [2.75, 3.05) is 11.5 Å². The summed E-state index contributed by atoms with van der Waals surface area (Å²) in [6, 6.07) is 0.876. The number of benzene rings is 1. The Morgan fingerprint density at radius 3 is 2.36 bits per heavy atom. The van der Waals surface area contributed by atoms with Crippen LogP contribution in [0.25, 0.3) is 0 Å². The minimum atomic E-state index is -1.01. The second-order valence-electron chi connectivity index (χ2n) is 1.99. The van der Waals surface area contributed by atoms with Crippen LogP contribution in [0.1, 0.15) is 0 Å². The fraction of sp³-hybridized carbons (Fsp3) is 0. The van der Waals surface area contributed by atoms with Crippen molar-refractivity contribution in [2.45, 2.75) is 0 Å². The molecular formula is C6H5ClF2N2. The van der Waals surface area contributed by atoms with Crippen molar-refractivity contribution in [1.29, 1.82) is 0 Å². The first-order valence-corrected chi connectivity index (χ1v) is 3.10. The van der Waals surface area contributed by atoms with Gasteiger partial charge in [-0.25, -0.2) is 8.78 Å². The summed E-state index contributed by atoms with van der Waals surface area (Å²) in [6.45, 7) is 0. The van der Waals surface area contributed by atoms with Gasteiger partial charge in [0.1, 0.15) is 10.8 Å². The number of hydrogen-bond acceptors (Lipinski definition) is 2. The van der Waals surface area contributed by atoms with Gasteiger partial charge in [0.2, 0.25) is 0 Å². The largest absolute Gasteiger partial charge is 0.397 e. The molecule has 0 aliphatic carbocycles. The molecule has 5 heteroatoms. The summed E-state index contributed by atoms with van der Waals surface area (Å²) in [5.74, 6) is -1.92. The van der Waals surface area contributed by atoms with E-state index in [1.54, 1.807) is 0 Å². The smallest absolute Gasteiger partial charge is 0.169 e. The number of halogens is 3. The zero-order valence-corrected chi connectivity index (χ0v) is 6.12. The third kappa shape index (κ3) is 1.21. The number of rotatable bonds is 0. The Bertz CT molecular complexity index is 275. The SMILES string of the molecule is Nc1cc(F)c(Cl)c(F)c1N. The highest BCUT2D eigenvalue weighted by molar-refractivity contribution is 6.31. The molecule has 0 aliphatic heterocycles. The van der Waals surface area contributed by atoms with Gasteiger partial charge >= 0.3 is 0 Å². The van der Waals surface area contributed by atoms with E-state index in [-0.39, 0.29) is 11.4 Å². The van der Waals surface area contributed by atoms with E-state index in [1.807, 2.05) is 0 Å². The van der Waals surface area contributed by atoms with Crippen LogP contribution < -0.4 is 11.5 Å². The molecule has 1 aromatic carbocycles. The van der Waals surface area contributed by atoms with Crippen LogP contribution in [0.4, 0.5) is 20.2 Å². The summed E-state index contributed by atoms with van der Waals surface area (Å²) in [4.78, 5) is 0. The summed E-state index contributed by atoms with van der Waals surface area (Å²) in [5.41, 5.74) is 9.76. The van der Waals surface area contributed by atoms with E-state index in [0.717, 1.165) is 6.07 Å². The summed E-state index contributed by atoms with van der Waals surface area (Å²) in [7, 11) is 0. The fourth-order valence-electron chi connectivity index (χ4n) is 0.627. The van der Waals surface area contributed by atoms with Crippen LogP contribution in [0, 0.1) is 11.6 Å². The Morgan fingerprint density at radius 2 is 1.82 bits per heavy atom. The third-order valence-electron chi connectivity index (χ3n) is 1.23. The number of nitrogens with two attached hydrogens (primary N) is 2. The van der Waals surface area contributed by atoms with E-state index >= 15 is 0 Å². The first-order chi connectivity index (χ1) is 5.04. The van der Waals surface area contributed by atoms with Crippen molar-refractivity contribution in [3.05, 3.63) is 22.7 Å². The Morgan fingerprint density at radius 1 is 1.27 bits per heavy atom. The van der Waals surface area contributed by atoms with E-state index in [2.05, 4.69) is 0 Å². The molecule has 0 atom stereocenters. The quantitative estimate of drug-likeness (QED) is 0.470. The Labute approximate surface area is 66.7 Å². The van der Waals surface area contributed by atoms with Crippen LogP contribution >= 0.6 is 11.6 Å². The van der Waals surface area contributed by atoms with Crippen molar-refractivity contribution in [1.82, 2.24) is 0 Å². The number of nitrogen functional groups attached to an aromatic ring is 2. The molecule has 60 valence electrons. The molecule has 0 aliphatic rings. The lowest BCUT2D eigenvalue weighted by Gasteiger charge is -2.03. The zero-order chi connectivity index (χ0) is 8.59. The molecule has 0 amide bonds. The van der Waals surface area contributed by atoms with Crippen LogP contribution in [-0.2, 0) is 0 Å². The Kier molecular flexibility index (Phi) is 1.87. The highest BCUT2D eigenvalue weighted by Gasteiger charge is 2.12. The maximum absolute atomic E-state index is 12.7. The van der Waals surface area contributed by atoms with Gasteiger partial charge in [0, 0.05) is 6.07 Å². The molecule has 11 heavy (non-hydrogen) atoms. The van der Waals surface area contributed by atoms with Crippen LogP contribution in [-0.4, -0.2) is 0 Å². The molecule has 1 aromatic rings. The maximum atomic E-state index is 12.7. The normalized spacial score (nSPS) is 10.1. The van der Waals surface area contributed by atoms with Gasteiger partial charge in [-0.15, -0.1) is 0 Å².